The quantitative estimate of drug-likeness (QED) is 0.255. The van der Waals surface area contributed by atoms with E-state index in [1.165, 1.54) is 12.1 Å². The SMILES string of the molecule is C=CC(=O)N1C[C@H](C)N(C2=N[PH](C)(O)N(c3c(CC)cccc3CC)c3nc(-c4ccccc4F)c(Cl)cc32)C[C@H]1C. The molecule has 2 aliphatic heterocycles. The number of fused-ring (bicyclic) bond motifs is 1. The first-order chi connectivity index (χ1) is 20.0. The first-order valence-corrected chi connectivity index (χ1v) is 17.1. The number of aryl methyl sites for hydroxylation is 2. The van der Waals surface area contributed by atoms with Gasteiger partial charge in [0.15, 0.2) is 0 Å². The predicted molar refractivity (Wildman–Crippen MR) is 173 cm³/mol. The number of nitrogens with zero attached hydrogens (tertiary/aromatic N) is 5. The van der Waals surface area contributed by atoms with E-state index in [4.69, 9.17) is 21.3 Å². The molecule has 7 nitrogen and oxygen atoms in total. The number of anilines is 2. The second kappa shape index (κ2) is 11.8. The van der Waals surface area contributed by atoms with Crippen LogP contribution in [0.1, 0.15) is 44.4 Å². The first-order valence-electron chi connectivity index (χ1n) is 14.4. The van der Waals surface area contributed by atoms with Gasteiger partial charge < -0.3 is 0 Å². The van der Waals surface area contributed by atoms with Crippen LogP contribution in [0, 0.1) is 5.82 Å². The van der Waals surface area contributed by atoms with E-state index >= 15 is 4.39 Å². The van der Waals surface area contributed by atoms with E-state index in [0.29, 0.717) is 36.0 Å². The van der Waals surface area contributed by atoms with Crippen molar-refractivity contribution < 1.29 is 14.1 Å². The Balaban J connectivity index is 1.76. The Labute approximate surface area is 252 Å². The molecule has 2 atom stereocenters. The third kappa shape index (κ3) is 5.21. The number of hydrogen-bond acceptors (Lipinski definition) is 6. The van der Waals surface area contributed by atoms with Crippen molar-refractivity contribution in [2.45, 2.75) is 52.6 Å². The Morgan fingerprint density at radius 2 is 1.76 bits per heavy atom. The van der Waals surface area contributed by atoms with Gasteiger partial charge in [0, 0.05) is 0 Å². The number of benzene rings is 2. The molecule has 3 aromatic rings. The van der Waals surface area contributed by atoms with Gasteiger partial charge in [0.2, 0.25) is 0 Å². The molecule has 0 unspecified atom stereocenters. The van der Waals surface area contributed by atoms with E-state index in [-0.39, 0.29) is 28.6 Å². The number of aromatic nitrogens is 1. The molecule has 1 saturated heterocycles. The van der Waals surface area contributed by atoms with Crippen LogP contribution in [0.5, 0.6) is 0 Å². The van der Waals surface area contributed by atoms with Gasteiger partial charge in [-0.2, -0.15) is 0 Å². The first kappa shape index (κ1) is 30.1. The normalized spacial score (nSPS) is 20.6. The molecule has 1 amide bonds. The molecule has 2 aromatic carbocycles. The molecule has 3 heterocycles. The molecule has 0 bridgehead atoms. The maximum atomic E-state index is 15.1. The zero-order valence-electron chi connectivity index (χ0n) is 24.7. The van der Waals surface area contributed by atoms with Gasteiger partial charge in [-0.05, 0) is 0 Å². The topological polar surface area (TPSA) is 72.3 Å². The van der Waals surface area contributed by atoms with Gasteiger partial charge in [-0.25, -0.2) is 0 Å². The molecular weight excluding hydrogens is 572 g/mol. The summed E-state index contributed by atoms with van der Waals surface area (Å²) in [5.41, 5.74) is 4.27. The fourth-order valence-electron chi connectivity index (χ4n) is 6.05. The van der Waals surface area contributed by atoms with Crippen molar-refractivity contribution in [2.75, 3.05) is 24.4 Å². The number of carbonyl (C=O) groups excluding carboxylic acids is 1. The van der Waals surface area contributed by atoms with Crippen LogP contribution in [0.25, 0.3) is 11.3 Å². The van der Waals surface area contributed by atoms with Gasteiger partial charge in [-0.3, -0.25) is 0 Å². The fourth-order valence-corrected chi connectivity index (χ4v) is 8.34. The van der Waals surface area contributed by atoms with E-state index in [0.717, 1.165) is 29.7 Å². The van der Waals surface area contributed by atoms with Crippen LogP contribution < -0.4 is 4.67 Å². The Kier molecular flexibility index (Phi) is 8.44. The number of piperazine rings is 1. The summed E-state index contributed by atoms with van der Waals surface area (Å²) in [4.78, 5) is 33.8. The summed E-state index contributed by atoms with van der Waals surface area (Å²) >= 11 is 6.87. The molecule has 1 fully saturated rings. The van der Waals surface area contributed by atoms with E-state index < -0.39 is 13.6 Å². The predicted octanol–water partition coefficient (Wildman–Crippen LogP) is 6.79. The van der Waals surface area contributed by atoms with E-state index in [1.807, 2.05) is 24.6 Å². The molecule has 222 valence electrons. The monoisotopic (exact) mass is 609 g/mol. The molecule has 1 N–H and O–H groups in total. The van der Waals surface area contributed by atoms with Gasteiger partial charge in [-0.1, -0.05) is 0 Å². The summed E-state index contributed by atoms with van der Waals surface area (Å²) in [6, 6.07) is 14.1. The van der Waals surface area contributed by atoms with Gasteiger partial charge in [-0.15, -0.1) is 0 Å². The summed E-state index contributed by atoms with van der Waals surface area (Å²) in [5.74, 6) is 0.541. The summed E-state index contributed by atoms with van der Waals surface area (Å²) < 4.78 is 22.1. The van der Waals surface area contributed by atoms with Crippen molar-refractivity contribution in [3.63, 3.8) is 0 Å². The van der Waals surface area contributed by atoms with Crippen LogP contribution in [0.15, 0.2) is 65.9 Å². The Morgan fingerprint density at radius 3 is 2.38 bits per heavy atom. The molecule has 10 heteroatoms. The second-order valence-electron chi connectivity index (χ2n) is 11.1. The number of amides is 1. The molecule has 2 aliphatic rings. The molecule has 0 spiro atoms. The van der Waals surface area contributed by atoms with Crippen LogP contribution in [0.2, 0.25) is 5.02 Å². The Bertz CT molecular complexity index is 1560. The Hall–Kier alpha value is -3.32. The number of amidine groups is 1. The van der Waals surface area contributed by atoms with Crippen LogP contribution in [-0.4, -0.2) is 63.3 Å². The van der Waals surface area contributed by atoms with Gasteiger partial charge >= 0.3 is 253 Å². The zero-order valence-corrected chi connectivity index (χ0v) is 26.5. The second-order valence-corrected chi connectivity index (χ2v) is 14.1. The van der Waals surface area contributed by atoms with Crippen LogP contribution in [0.3, 0.4) is 0 Å². The van der Waals surface area contributed by atoms with Crippen molar-refractivity contribution in [3.8, 4) is 11.3 Å². The van der Waals surface area contributed by atoms with Crippen molar-refractivity contribution in [1.29, 1.82) is 0 Å². The minimum atomic E-state index is -3.62. The van der Waals surface area contributed by atoms with E-state index in [9.17, 15) is 9.69 Å². The standard InChI is InChI=1S/C32H38ClFN5O2P/c1-7-22-13-12-14-23(8-2)30(22)39-31-25(17-26(33)29(35-31)24-15-10-11-16-27(24)34)32(36-42(39,6)41)38-19-20(4)37(18-21(38)5)28(40)9-3/h9-17,20-21,41-42H,3,7-8,18-19H2,1-2,4-6H3/t20-,21+/m1/s1. The maximum absolute atomic E-state index is 15.1. The van der Waals surface area contributed by atoms with Crippen molar-refractivity contribution in [3.05, 3.63) is 88.7 Å². The summed E-state index contributed by atoms with van der Waals surface area (Å²) in [7, 11) is -3.62. The zero-order chi connectivity index (χ0) is 30.3. The third-order valence-electron chi connectivity index (χ3n) is 8.18. The summed E-state index contributed by atoms with van der Waals surface area (Å²) in [5, 5.41) is 0.287. The molecule has 1 aromatic heterocycles. The van der Waals surface area contributed by atoms with E-state index in [2.05, 4.69) is 37.5 Å². The van der Waals surface area contributed by atoms with Crippen LogP contribution in [0.4, 0.5) is 15.9 Å². The van der Waals surface area contributed by atoms with Crippen molar-refractivity contribution in [2.24, 2.45) is 4.76 Å². The van der Waals surface area contributed by atoms with Crippen LogP contribution in [-0.2, 0) is 17.6 Å². The summed E-state index contributed by atoms with van der Waals surface area (Å²) in [6.07, 6.45) is 2.83. The molecule has 42 heavy (non-hydrogen) atoms. The molecular formula is C32H38ClFN5O2P. The fraction of sp³-hybridized carbons (Fsp3) is 0.344. The molecule has 0 saturated carbocycles. The van der Waals surface area contributed by atoms with Crippen LogP contribution >= 0.6 is 19.4 Å². The number of halogens is 2. The van der Waals surface area contributed by atoms with E-state index in [1.54, 1.807) is 35.8 Å². The van der Waals surface area contributed by atoms with Crippen molar-refractivity contribution >= 4 is 42.6 Å². The number of carbonyl (C=O) groups is 1. The average Bonchev–Trinajstić information content (AvgIpc) is 2.97. The molecule has 0 radical (unpaired) electrons. The minimum absolute atomic E-state index is 0.104. The number of rotatable bonds is 5. The number of para-hydroxylation sites is 1. The molecule has 0 aliphatic carbocycles. The summed E-state index contributed by atoms with van der Waals surface area (Å²) in [6.45, 7) is 14.6. The number of pyridine rings is 1. The van der Waals surface area contributed by atoms with Gasteiger partial charge in [0.25, 0.3) is 0 Å². The third-order valence-corrected chi connectivity index (χ3v) is 10.4. The van der Waals surface area contributed by atoms with Gasteiger partial charge in [0.05, 0.1) is 0 Å². The average molecular weight is 610 g/mol. The van der Waals surface area contributed by atoms with Gasteiger partial charge in [0.1, 0.15) is 0 Å². The number of hydrogen-bond donors (Lipinski definition) is 1. The van der Waals surface area contributed by atoms with Crippen molar-refractivity contribution in [1.82, 2.24) is 14.8 Å². The Morgan fingerprint density at radius 1 is 1.10 bits per heavy atom. The molecule has 5 rings (SSSR count).